The Morgan fingerprint density at radius 2 is 1.97 bits per heavy atom. The molecule has 0 aliphatic heterocycles. The Kier molecular flexibility index (Phi) is 6.04. The summed E-state index contributed by atoms with van der Waals surface area (Å²) in [6.45, 7) is 0.106. The molecule has 2 heterocycles. The number of carbonyl (C=O) groups is 1. The second-order valence-corrected chi connectivity index (χ2v) is 7.45. The summed E-state index contributed by atoms with van der Waals surface area (Å²) in [7, 11) is 3.63. The maximum atomic E-state index is 14.0. The van der Waals surface area contributed by atoms with E-state index in [4.69, 9.17) is 0 Å². The molecular formula is C19H18F4N4OS. The molecule has 5 nitrogen and oxygen atoms in total. The molecule has 0 fully saturated rings. The highest BCUT2D eigenvalue weighted by molar-refractivity contribution is 7.10. The van der Waals surface area contributed by atoms with Gasteiger partial charge in [-0.25, -0.2) is 9.07 Å². The minimum Gasteiger partial charge on any atom is -0.350 e. The molecule has 0 aliphatic rings. The van der Waals surface area contributed by atoms with Crippen molar-refractivity contribution < 1.29 is 22.4 Å². The topological polar surface area (TPSA) is 50.2 Å². The van der Waals surface area contributed by atoms with Gasteiger partial charge in [0.15, 0.2) is 5.69 Å². The average Bonchev–Trinajstić information content (AvgIpc) is 3.31. The molecule has 3 rings (SSSR count). The van der Waals surface area contributed by atoms with Gasteiger partial charge in [-0.05, 0) is 37.7 Å². The van der Waals surface area contributed by atoms with E-state index in [-0.39, 0.29) is 18.3 Å². The van der Waals surface area contributed by atoms with Crippen LogP contribution in [0, 0.1) is 5.82 Å². The average molecular weight is 426 g/mol. The van der Waals surface area contributed by atoms with Gasteiger partial charge in [0, 0.05) is 11.4 Å². The van der Waals surface area contributed by atoms with Crippen molar-refractivity contribution in [2.45, 2.75) is 12.2 Å². The number of alkyl halides is 3. The van der Waals surface area contributed by atoms with Crippen molar-refractivity contribution in [3.05, 3.63) is 69.9 Å². The largest absolute Gasteiger partial charge is 0.434 e. The zero-order chi connectivity index (χ0) is 21.2. The predicted octanol–water partition coefficient (Wildman–Crippen LogP) is 4.12. The minimum absolute atomic E-state index is 0.106. The van der Waals surface area contributed by atoms with Crippen molar-refractivity contribution in [1.29, 1.82) is 0 Å². The standard InChI is InChI=1S/C19H18F4N4OS/c1-26(2)15(16-8-5-9-29-16)11-24-18(28)12-10-25-27(17(12)19(21,22)23)14-7-4-3-6-13(14)20/h3-10,15H,11H2,1-2H3,(H,24,28). The van der Waals surface area contributed by atoms with Crippen LogP contribution in [0.5, 0.6) is 0 Å². The van der Waals surface area contributed by atoms with Crippen molar-refractivity contribution in [2.75, 3.05) is 20.6 Å². The molecule has 1 N–H and O–H groups in total. The maximum absolute atomic E-state index is 14.0. The molecule has 0 spiro atoms. The first kappa shape index (κ1) is 21.0. The van der Waals surface area contributed by atoms with Crippen molar-refractivity contribution in [3.63, 3.8) is 0 Å². The second kappa shape index (κ2) is 8.34. The number of amides is 1. The monoisotopic (exact) mass is 426 g/mol. The molecular weight excluding hydrogens is 408 g/mol. The van der Waals surface area contributed by atoms with Crippen LogP contribution in [0.2, 0.25) is 0 Å². The quantitative estimate of drug-likeness (QED) is 0.604. The summed E-state index contributed by atoms with van der Waals surface area (Å²) >= 11 is 1.49. The molecule has 10 heteroatoms. The van der Waals surface area contributed by atoms with Gasteiger partial charge < -0.3 is 10.2 Å². The summed E-state index contributed by atoms with van der Waals surface area (Å²) in [6.07, 6.45) is -4.10. The van der Waals surface area contributed by atoms with E-state index in [0.717, 1.165) is 23.2 Å². The molecule has 1 aromatic carbocycles. The van der Waals surface area contributed by atoms with Crippen LogP contribution in [0.25, 0.3) is 5.69 Å². The van der Waals surface area contributed by atoms with Gasteiger partial charge >= 0.3 is 6.18 Å². The number of benzene rings is 1. The smallest absolute Gasteiger partial charge is 0.350 e. The summed E-state index contributed by atoms with van der Waals surface area (Å²) in [6, 6.07) is 8.49. The summed E-state index contributed by atoms with van der Waals surface area (Å²) in [5, 5.41) is 8.06. The van der Waals surface area contributed by atoms with Crippen LogP contribution >= 0.6 is 11.3 Å². The number of hydrogen-bond acceptors (Lipinski definition) is 4. The lowest BCUT2D eigenvalue weighted by Gasteiger charge is -2.23. The van der Waals surface area contributed by atoms with Gasteiger partial charge in [-0.15, -0.1) is 11.3 Å². The fourth-order valence-corrected chi connectivity index (χ4v) is 3.82. The summed E-state index contributed by atoms with van der Waals surface area (Å²) < 4.78 is 55.5. The fourth-order valence-electron chi connectivity index (χ4n) is 2.90. The maximum Gasteiger partial charge on any atom is 0.434 e. The molecule has 1 unspecified atom stereocenters. The van der Waals surface area contributed by atoms with Gasteiger partial charge in [0.1, 0.15) is 11.5 Å². The zero-order valence-corrected chi connectivity index (χ0v) is 16.4. The molecule has 0 saturated carbocycles. The first-order chi connectivity index (χ1) is 13.7. The second-order valence-electron chi connectivity index (χ2n) is 6.47. The van der Waals surface area contributed by atoms with Crippen LogP contribution in [0.15, 0.2) is 48.0 Å². The Hall–Kier alpha value is -2.72. The third-order valence-corrected chi connectivity index (χ3v) is 5.29. The number of carbonyl (C=O) groups excluding carboxylic acids is 1. The van der Waals surface area contributed by atoms with Gasteiger partial charge in [-0.3, -0.25) is 4.79 Å². The number of nitrogens with zero attached hydrogens (tertiary/aromatic N) is 3. The van der Waals surface area contributed by atoms with Gasteiger partial charge in [-0.1, -0.05) is 18.2 Å². The number of hydrogen-bond donors (Lipinski definition) is 1. The summed E-state index contributed by atoms with van der Waals surface area (Å²) in [4.78, 5) is 15.4. The van der Waals surface area contributed by atoms with Crippen LogP contribution in [0.3, 0.4) is 0 Å². The fraction of sp³-hybridized carbons (Fsp3) is 0.263. The van der Waals surface area contributed by atoms with Crippen LogP contribution in [0.1, 0.15) is 27.0 Å². The molecule has 2 aromatic heterocycles. The molecule has 1 atom stereocenters. The third kappa shape index (κ3) is 4.48. The van der Waals surface area contributed by atoms with Gasteiger partial charge in [0.05, 0.1) is 17.8 Å². The number of halogens is 4. The number of para-hydroxylation sites is 1. The van der Waals surface area contributed by atoms with Crippen LogP contribution in [-0.4, -0.2) is 41.2 Å². The summed E-state index contributed by atoms with van der Waals surface area (Å²) in [5.74, 6) is -1.80. The van der Waals surface area contributed by atoms with E-state index < -0.39 is 29.2 Å². The van der Waals surface area contributed by atoms with Gasteiger partial charge in [0.2, 0.25) is 0 Å². The first-order valence-corrected chi connectivity index (χ1v) is 9.46. The SMILES string of the molecule is CN(C)C(CNC(=O)c1cnn(-c2ccccc2F)c1C(F)(F)F)c1cccs1. The van der Waals surface area contributed by atoms with Crippen LogP contribution < -0.4 is 5.32 Å². The van der Waals surface area contributed by atoms with E-state index in [1.54, 1.807) is 0 Å². The predicted molar refractivity (Wildman–Crippen MR) is 102 cm³/mol. The lowest BCUT2D eigenvalue weighted by molar-refractivity contribution is -0.143. The number of likely N-dealkylation sites (N-methyl/N-ethyl adjacent to an activating group) is 1. The minimum atomic E-state index is -4.90. The number of nitrogens with one attached hydrogen (secondary N) is 1. The Morgan fingerprint density at radius 1 is 1.24 bits per heavy atom. The molecule has 0 bridgehead atoms. The Morgan fingerprint density at radius 3 is 2.55 bits per heavy atom. The molecule has 154 valence electrons. The molecule has 29 heavy (non-hydrogen) atoms. The highest BCUT2D eigenvalue weighted by atomic mass is 32.1. The van der Waals surface area contributed by atoms with Crippen molar-refractivity contribution in [2.24, 2.45) is 0 Å². The molecule has 3 aromatic rings. The van der Waals surface area contributed by atoms with E-state index in [1.807, 2.05) is 36.5 Å². The van der Waals surface area contributed by atoms with Gasteiger partial charge in [0.25, 0.3) is 5.91 Å². The van der Waals surface area contributed by atoms with Crippen LogP contribution in [-0.2, 0) is 6.18 Å². The Labute approximate surface area is 168 Å². The highest BCUT2D eigenvalue weighted by Crippen LogP contribution is 2.34. The third-order valence-electron chi connectivity index (χ3n) is 4.31. The van der Waals surface area contributed by atoms with Crippen molar-refractivity contribution >= 4 is 17.2 Å². The first-order valence-electron chi connectivity index (χ1n) is 8.58. The normalized spacial score (nSPS) is 12.9. The van der Waals surface area contributed by atoms with E-state index in [9.17, 15) is 22.4 Å². The van der Waals surface area contributed by atoms with Crippen molar-refractivity contribution in [1.82, 2.24) is 20.0 Å². The zero-order valence-electron chi connectivity index (χ0n) is 15.6. The van der Waals surface area contributed by atoms with E-state index in [1.165, 1.54) is 23.5 Å². The van der Waals surface area contributed by atoms with Crippen molar-refractivity contribution in [3.8, 4) is 5.69 Å². The van der Waals surface area contributed by atoms with E-state index in [2.05, 4.69) is 10.4 Å². The number of rotatable bonds is 6. The van der Waals surface area contributed by atoms with Crippen LogP contribution in [0.4, 0.5) is 17.6 Å². The molecule has 0 radical (unpaired) electrons. The molecule has 0 aliphatic carbocycles. The summed E-state index contributed by atoms with van der Waals surface area (Å²) in [5.41, 5.74) is -2.37. The van der Waals surface area contributed by atoms with E-state index >= 15 is 0 Å². The van der Waals surface area contributed by atoms with Gasteiger partial charge in [-0.2, -0.15) is 18.3 Å². The highest BCUT2D eigenvalue weighted by Gasteiger charge is 2.41. The molecule has 0 saturated heterocycles. The Balaban J connectivity index is 1.90. The lowest BCUT2D eigenvalue weighted by atomic mass is 10.2. The molecule has 1 amide bonds. The number of aromatic nitrogens is 2. The number of thiophene rings is 1. The Bertz CT molecular complexity index is 983. The lowest BCUT2D eigenvalue weighted by Crippen LogP contribution is -2.35. The van der Waals surface area contributed by atoms with E-state index in [0.29, 0.717) is 4.68 Å².